The highest BCUT2D eigenvalue weighted by Gasteiger charge is 2.25. The number of likely N-dealkylation sites (N-methyl/N-ethyl adjacent to an activating group) is 1. The van der Waals surface area contributed by atoms with Crippen molar-refractivity contribution >= 4 is 28.3 Å². The van der Waals surface area contributed by atoms with Crippen molar-refractivity contribution in [2.45, 2.75) is 32.2 Å². The van der Waals surface area contributed by atoms with Gasteiger partial charge in [0.2, 0.25) is 11.8 Å². The summed E-state index contributed by atoms with van der Waals surface area (Å²) in [7, 11) is 1.62. The van der Waals surface area contributed by atoms with E-state index < -0.39 is 17.7 Å². The molecule has 8 heteroatoms. The molecular formula is C18H19F2N3O2S. The number of carbonyl (C=O) groups is 2. The Labute approximate surface area is 154 Å². The number of aromatic nitrogens is 1. The first-order chi connectivity index (χ1) is 12.4. The molecule has 1 unspecified atom stereocenters. The van der Waals surface area contributed by atoms with Crippen LogP contribution in [0.5, 0.6) is 0 Å². The van der Waals surface area contributed by atoms with Gasteiger partial charge in [-0.2, -0.15) is 0 Å². The summed E-state index contributed by atoms with van der Waals surface area (Å²) in [4.78, 5) is 31.8. The molecule has 0 saturated carbocycles. The van der Waals surface area contributed by atoms with Crippen molar-refractivity contribution < 1.29 is 18.4 Å². The van der Waals surface area contributed by atoms with Crippen LogP contribution in [0.15, 0.2) is 23.6 Å². The molecule has 2 heterocycles. The van der Waals surface area contributed by atoms with Gasteiger partial charge < -0.3 is 4.90 Å². The van der Waals surface area contributed by atoms with Crippen molar-refractivity contribution in [1.82, 2.24) is 9.88 Å². The van der Waals surface area contributed by atoms with E-state index in [1.165, 1.54) is 22.3 Å². The molecule has 0 N–H and O–H groups in total. The van der Waals surface area contributed by atoms with Crippen LogP contribution in [0.4, 0.5) is 13.9 Å². The SMILES string of the molecule is CC(c1ccc(F)c(F)c1)N(C)C(=O)Cc1csc(N2CCCC2=O)n1. The van der Waals surface area contributed by atoms with Crippen LogP contribution in [0.2, 0.25) is 0 Å². The summed E-state index contributed by atoms with van der Waals surface area (Å²) in [6.07, 6.45) is 1.44. The Bertz CT molecular complexity index is 840. The summed E-state index contributed by atoms with van der Waals surface area (Å²) in [5, 5.41) is 2.39. The van der Waals surface area contributed by atoms with Gasteiger partial charge in [-0.15, -0.1) is 11.3 Å². The molecule has 138 valence electrons. The lowest BCUT2D eigenvalue weighted by Crippen LogP contribution is -2.31. The number of rotatable bonds is 5. The van der Waals surface area contributed by atoms with E-state index in [1.54, 1.807) is 24.3 Å². The Morgan fingerprint density at radius 2 is 2.15 bits per heavy atom. The molecule has 1 aliphatic heterocycles. The standard InChI is InChI=1S/C18H19F2N3O2S/c1-11(12-5-6-14(19)15(20)8-12)22(2)17(25)9-13-10-26-18(21-13)23-7-3-4-16(23)24/h5-6,8,10-11H,3-4,7,9H2,1-2H3. The number of hydrogen-bond acceptors (Lipinski definition) is 4. The highest BCUT2D eigenvalue weighted by Crippen LogP contribution is 2.26. The van der Waals surface area contributed by atoms with Crippen LogP contribution in [0.3, 0.4) is 0 Å². The fourth-order valence-electron chi connectivity index (χ4n) is 2.84. The maximum atomic E-state index is 13.4. The molecule has 2 aromatic rings. The molecule has 1 aromatic heterocycles. The molecule has 1 aromatic carbocycles. The summed E-state index contributed by atoms with van der Waals surface area (Å²) in [5.74, 6) is -1.98. The van der Waals surface area contributed by atoms with Gasteiger partial charge in [0.15, 0.2) is 16.8 Å². The van der Waals surface area contributed by atoms with Crippen LogP contribution in [-0.2, 0) is 16.0 Å². The third-order valence-corrected chi connectivity index (χ3v) is 5.49. The van der Waals surface area contributed by atoms with Gasteiger partial charge in [-0.05, 0) is 31.0 Å². The largest absolute Gasteiger partial charge is 0.339 e. The molecule has 2 amide bonds. The predicted octanol–water partition coefficient (Wildman–Crippen LogP) is 3.31. The second-order valence-electron chi connectivity index (χ2n) is 6.30. The van der Waals surface area contributed by atoms with E-state index in [1.807, 2.05) is 0 Å². The van der Waals surface area contributed by atoms with Crippen LogP contribution >= 0.6 is 11.3 Å². The maximum absolute atomic E-state index is 13.4. The van der Waals surface area contributed by atoms with Gasteiger partial charge in [-0.25, -0.2) is 13.8 Å². The number of carbonyl (C=O) groups excluding carboxylic acids is 2. The summed E-state index contributed by atoms with van der Waals surface area (Å²) in [6.45, 7) is 2.41. The van der Waals surface area contributed by atoms with Gasteiger partial charge in [0, 0.05) is 25.4 Å². The quantitative estimate of drug-likeness (QED) is 0.801. The Balaban J connectivity index is 1.66. The molecule has 5 nitrogen and oxygen atoms in total. The van der Waals surface area contributed by atoms with Crippen molar-refractivity contribution in [1.29, 1.82) is 0 Å². The molecule has 1 aliphatic rings. The van der Waals surface area contributed by atoms with Gasteiger partial charge in [0.05, 0.1) is 18.2 Å². The van der Waals surface area contributed by atoms with Gasteiger partial charge in [0.25, 0.3) is 0 Å². The predicted molar refractivity (Wildman–Crippen MR) is 94.9 cm³/mol. The summed E-state index contributed by atoms with van der Waals surface area (Å²) in [6, 6.07) is 3.21. The van der Waals surface area contributed by atoms with Crippen molar-refractivity contribution in [2.75, 3.05) is 18.5 Å². The first kappa shape index (κ1) is 18.4. The molecule has 1 fully saturated rings. The summed E-state index contributed by atoms with van der Waals surface area (Å²) < 4.78 is 26.5. The van der Waals surface area contributed by atoms with Crippen molar-refractivity contribution in [3.05, 3.63) is 46.5 Å². The monoisotopic (exact) mass is 379 g/mol. The van der Waals surface area contributed by atoms with E-state index >= 15 is 0 Å². The van der Waals surface area contributed by atoms with E-state index in [2.05, 4.69) is 4.98 Å². The first-order valence-corrected chi connectivity index (χ1v) is 9.20. The van der Waals surface area contributed by atoms with Crippen molar-refractivity contribution in [3.8, 4) is 0 Å². The summed E-state index contributed by atoms with van der Waals surface area (Å²) >= 11 is 1.34. The van der Waals surface area contributed by atoms with E-state index in [-0.39, 0.29) is 18.2 Å². The Kier molecular flexibility index (Phi) is 5.31. The van der Waals surface area contributed by atoms with E-state index in [4.69, 9.17) is 0 Å². The van der Waals surface area contributed by atoms with Gasteiger partial charge in [-0.1, -0.05) is 6.07 Å². The van der Waals surface area contributed by atoms with Gasteiger partial charge in [-0.3, -0.25) is 14.5 Å². The number of halogens is 2. The number of benzene rings is 1. The zero-order valence-electron chi connectivity index (χ0n) is 14.5. The summed E-state index contributed by atoms with van der Waals surface area (Å²) in [5.41, 5.74) is 1.11. The average molecular weight is 379 g/mol. The third-order valence-electron chi connectivity index (χ3n) is 4.58. The van der Waals surface area contributed by atoms with Gasteiger partial charge >= 0.3 is 0 Å². The normalized spacial score (nSPS) is 15.4. The third kappa shape index (κ3) is 3.75. The van der Waals surface area contributed by atoms with E-state index in [0.717, 1.165) is 18.6 Å². The molecule has 3 rings (SSSR count). The molecule has 1 saturated heterocycles. The number of amides is 2. The van der Waals surface area contributed by atoms with Crippen molar-refractivity contribution in [3.63, 3.8) is 0 Å². The zero-order valence-corrected chi connectivity index (χ0v) is 15.4. The molecule has 1 atom stereocenters. The molecular weight excluding hydrogens is 360 g/mol. The van der Waals surface area contributed by atoms with Crippen molar-refractivity contribution in [2.24, 2.45) is 0 Å². The van der Waals surface area contributed by atoms with Crippen LogP contribution in [0, 0.1) is 11.6 Å². The number of anilines is 1. The number of nitrogens with zero attached hydrogens (tertiary/aromatic N) is 3. The van der Waals surface area contributed by atoms with Crippen LogP contribution in [0.1, 0.15) is 37.1 Å². The highest BCUT2D eigenvalue weighted by molar-refractivity contribution is 7.14. The maximum Gasteiger partial charge on any atom is 0.228 e. The second kappa shape index (κ2) is 7.49. The van der Waals surface area contributed by atoms with Crippen LogP contribution in [-0.4, -0.2) is 35.3 Å². The molecule has 0 radical (unpaired) electrons. The lowest BCUT2D eigenvalue weighted by molar-refractivity contribution is -0.131. The van der Waals surface area contributed by atoms with Crippen LogP contribution in [0.25, 0.3) is 0 Å². The zero-order chi connectivity index (χ0) is 18.8. The minimum Gasteiger partial charge on any atom is -0.339 e. The lowest BCUT2D eigenvalue weighted by Gasteiger charge is -2.25. The average Bonchev–Trinajstić information content (AvgIpc) is 3.24. The Hall–Kier alpha value is -2.35. The molecule has 0 spiro atoms. The lowest BCUT2D eigenvalue weighted by atomic mass is 10.1. The minimum atomic E-state index is -0.936. The topological polar surface area (TPSA) is 53.5 Å². The smallest absolute Gasteiger partial charge is 0.228 e. The number of thiazole rings is 1. The molecule has 26 heavy (non-hydrogen) atoms. The fourth-order valence-corrected chi connectivity index (χ4v) is 3.71. The van der Waals surface area contributed by atoms with Gasteiger partial charge in [0.1, 0.15) is 0 Å². The Morgan fingerprint density at radius 1 is 1.38 bits per heavy atom. The first-order valence-electron chi connectivity index (χ1n) is 8.32. The second-order valence-corrected chi connectivity index (χ2v) is 7.14. The highest BCUT2D eigenvalue weighted by atomic mass is 32.1. The van der Waals surface area contributed by atoms with Crippen LogP contribution < -0.4 is 4.90 Å². The Morgan fingerprint density at radius 3 is 2.81 bits per heavy atom. The molecule has 0 bridgehead atoms. The minimum absolute atomic E-state index is 0.0568. The van der Waals surface area contributed by atoms with E-state index in [9.17, 15) is 18.4 Å². The fraction of sp³-hybridized carbons (Fsp3) is 0.389. The number of hydrogen-bond donors (Lipinski definition) is 0. The molecule has 0 aliphatic carbocycles. The van der Waals surface area contributed by atoms with E-state index in [0.29, 0.717) is 29.4 Å².